The monoisotopic (exact) mass is 352 g/mol. The SMILES string of the molecule is Cl.O=C(NCCC1CCCNC1)c1ccc(-c2ccccc2F)o1. The van der Waals surface area contributed by atoms with Crippen LogP contribution in [0.3, 0.4) is 0 Å². The number of furan rings is 1. The fraction of sp³-hybridized carbons (Fsp3) is 0.389. The third-order valence-corrected chi connectivity index (χ3v) is 4.21. The number of rotatable bonds is 5. The van der Waals surface area contributed by atoms with Crippen molar-refractivity contribution in [3.63, 3.8) is 0 Å². The molecular formula is C18H22ClFN2O2. The van der Waals surface area contributed by atoms with Gasteiger partial charge in [-0.2, -0.15) is 0 Å². The van der Waals surface area contributed by atoms with Crippen LogP contribution in [0.4, 0.5) is 4.39 Å². The Kier molecular flexibility index (Phi) is 6.82. The lowest BCUT2D eigenvalue weighted by molar-refractivity contribution is 0.0923. The van der Waals surface area contributed by atoms with Crippen molar-refractivity contribution in [1.82, 2.24) is 10.6 Å². The van der Waals surface area contributed by atoms with E-state index in [-0.39, 0.29) is 29.9 Å². The second-order valence-corrected chi connectivity index (χ2v) is 5.90. The lowest BCUT2D eigenvalue weighted by Gasteiger charge is -2.22. The van der Waals surface area contributed by atoms with Crippen LogP contribution in [0.15, 0.2) is 40.8 Å². The average molecular weight is 353 g/mol. The summed E-state index contributed by atoms with van der Waals surface area (Å²) in [6, 6.07) is 9.56. The van der Waals surface area contributed by atoms with Gasteiger partial charge in [-0.15, -0.1) is 12.4 Å². The van der Waals surface area contributed by atoms with E-state index < -0.39 is 0 Å². The molecule has 0 radical (unpaired) electrons. The summed E-state index contributed by atoms with van der Waals surface area (Å²) in [5, 5.41) is 6.24. The largest absolute Gasteiger partial charge is 0.451 e. The van der Waals surface area contributed by atoms with E-state index in [0.717, 1.165) is 19.5 Å². The van der Waals surface area contributed by atoms with Crippen molar-refractivity contribution in [2.75, 3.05) is 19.6 Å². The fourth-order valence-electron chi connectivity index (χ4n) is 2.91. The fourth-order valence-corrected chi connectivity index (χ4v) is 2.91. The molecule has 1 amide bonds. The zero-order valence-electron chi connectivity index (χ0n) is 13.4. The molecule has 1 saturated heterocycles. The van der Waals surface area contributed by atoms with Crippen molar-refractivity contribution in [2.45, 2.75) is 19.3 Å². The Hall–Kier alpha value is -1.85. The van der Waals surface area contributed by atoms with Crippen molar-refractivity contribution in [3.8, 4) is 11.3 Å². The third kappa shape index (κ3) is 4.58. The zero-order chi connectivity index (χ0) is 16.1. The predicted octanol–water partition coefficient (Wildman–Crippen LogP) is 3.63. The number of carbonyl (C=O) groups is 1. The van der Waals surface area contributed by atoms with Crippen molar-refractivity contribution in [2.24, 2.45) is 5.92 Å². The van der Waals surface area contributed by atoms with E-state index in [4.69, 9.17) is 4.42 Å². The molecule has 2 N–H and O–H groups in total. The summed E-state index contributed by atoms with van der Waals surface area (Å²) in [5.41, 5.74) is 0.361. The Morgan fingerprint density at radius 1 is 1.29 bits per heavy atom. The van der Waals surface area contributed by atoms with Gasteiger partial charge in [-0.3, -0.25) is 4.79 Å². The Morgan fingerprint density at radius 3 is 2.88 bits per heavy atom. The summed E-state index contributed by atoms with van der Waals surface area (Å²) < 4.78 is 19.2. The maximum absolute atomic E-state index is 13.7. The van der Waals surface area contributed by atoms with Crippen LogP contribution < -0.4 is 10.6 Å². The second-order valence-electron chi connectivity index (χ2n) is 5.90. The molecule has 1 fully saturated rings. The van der Waals surface area contributed by atoms with E-state index in [0.29, 0.717) is 23.8 Å². The summed E-state index contributed by atoms with van der Waals surface area (Å²) in [6.07, 6.45) is 3.36. The highest BCUT2D eigenvalue weighted by Crippen LogP contribution is 2.24. The number of carbonyl (C=O) groups excluding carboxylic acids is 1. The van der Waals surface area contributed by atoms with Crippen LogP contribution in [0.25, 0.3) is 11.3 Å². The summed E-state index contributed by atoms with van der Waals surface area (Å²) in [7, 11) is 0. The van der Waals surface area contributed by atoms with E-state index in [1.165, 1.54) is 18.9 Å². The lowest BCUT2D eigenvalue weighted by atomic mass is 9.96. The van der Waals surface area contributed by atoms with Crippen molar-refractivity contribution in [3.05, 3.63) is 48.0 Å². The van der Waals surface area contributed by atoms with Crippen molar-refractivity contribution in [1.29, 1.82) is 0 Å². The van der Waals surface area contributed by atoms with Gasteiger partial charge in [-0.25, -0.2) is 4.39 Å². The summed E-state index contributed by atoms with van der Waals surface area (Å²) in [6.45, 7) is 2.74. The van der Waals surface area contributed by atoms with Crippen LogP contribution in [0.2, 0.25) is 0 Å². The highest BCUT2D eigenvalue weighted by molar-refractivity contribution is 5.92. The van der Waals surface area contributed by atoms with Gasteiger partial charge in [0, 0.05) is 6.54 Å². The number of nitrogens with one attached hydrogen (secondary N) is 2. The predicted molar refractivity (Wildman–Crippen MR) is 93.9 cm³/mol. The molecule has 0 aliphatic carbocycles. The molecule has 0 spiro atoms. The molecular weight excluding hydrogens is 331 g/mol. The first-order valence-electron chi connectivity index (χ1n) is 8.07. The molecule has 0 bridgehead atoms. The molecule has 1 unspecified atom stereocenters. The molecule has 3 rings (SSSR count). The van der Waals surface area contributed by atoms with Crippen LogP contribution in [-0.2, 0) is 0 Å². The number of halogens is 2. The number of hydrogen-bond donors (Lipinski definition) is 2. The smallest absolute Gasteiger partial charge is 0.287 e. The Bertz CT molecular complexity index is 669. The van der Waals surface area contributed by atoms with Gasteiger partial charge in [0.15, 0.2) is 5.76 Å². The van der Waals surface area contributed by atoms with Gasteiger partial charge in [-0.1, -0.05) is 12.1 Å². The number of piperidine rings is 1. The molecule has 1 aromatic carbocycles. The Balaban J connectivity index is 0.00000208. The van der Waals surface area contributed by atoms with Gasteiger partial charge < -0.3 is 15.1 Å². The molecule has 1 aliphatic heterocycles. The van der Waals surface area contributed by atoms with E-state index >= 15 is 0 Å². The van der Waals surface area contributed by atoms with Gasteiger partial charge in [0.1, 0.15) is 11.6 Å². The van der Waals surface area contributed by atoms with Gasteiger partial charge in [0.05, 0.1) is 5.56 Å². The van der Waals surface area contributed by atoms with Crippen LogP contribution in [-0.4, -0.2) is 25.5 Å². The Labute approximate surface area is 147 Å². The molecule has 1 atom stereocenters. The molecule has 0 saturated carbocycles. The van der Waals surface area contributed by atoms with Gasteiger partial charge in [-0.05, 0) is 62.5 Å². The molecule has 130 valence electrons. The second kappa shape index (κ2) is 8.85. The van der Waals surface area contributed by atoms with Crippen LogP contribution >= 0.6 is 12.4 Å². The maximum atomic E-state index is 13.7. The van der Waals surface area contributed by atoms with E-state index in [9.17, 15) is 9.18 Å². The van der Waals surface area contributed by atoms with Crippen LogP contribution in [0.1, 0.15) is 29.8 Å². The van der Waals surface area contributed by atoms with Gasteiger partial charge >= 0.3 is 0 Å². The van der Waals surface area contributed by atoms with E-state index in [2.05, 4.69) is 10.6 Å². The lowest BCUT2D eigenvalue weighted by Crippen LogP contribution is -2.33. The summed E-state index contributed by atoms with van der Waals surface area (Å²) in [5.74, 6) is 0.583. The standard InChI is InChI=1S/C18H21FN2O2.ClH/c19-15-6-2-1-5-14(15)16-7-8-17(23-16)18(22)21-11-9-13-4-3-10-20-12-13;/h1-2,5-8,13,20H,3-4,9-12H2,(H,21,22);1H. The van der Waals surface area contributed by atoms with Crippen LogP contribution in [0.5, 0.6) is 0 Å². The number of amides is 1. The van der Waals surface area contributed by atoms with Crippen molar-refractivity contribution >= 4 is 18.3 Å². The van der Waals surface area contributed by atoms with Crippen LogP contribution in [0, 0.1) is 11.7 Å². The highest BCUT2D eigenvalue weighted by atomic mass is 35.5. The maximum Gasteiger partial charge on any atom is 0.287 e. The van der Waals surface area contributed by atoms with E-state index in [1.54, 1.807) is 30.3 Å². The minimum Gasteiger partial charge on any atom is -0.451 e. The Morgan fingerprint density at radius 2 is 2.12 bits per heavy atom. The molecule has 2 heterocycles. The van der Waals surface area contributed by atoms with Gasteiger partial charge in [0.2, 0.25) is 0 Å². The van der Waals surface area contributed by atoms with Crippen molar-refractivity contribution < 1.29 is 13.6 Å². The normalized spacial score (nSPS) is 17.1. The first-order chi connectivity index (χ1) is 11.2. The molecule has 24 heavy (non-hydrogen) atoms. The first-order valence-corrected chi connectivity index (χ1v) is 8.07. The minimum absolute atomic E-state index is 0. The third-order valence-electron chi connectivity index (χ3n) is 4.21. The molecule has 4 nitrogen and oxygen atoms in total. The molecule has 2 aromatic rings. The molecule has 6 heteroatoms. The minimum atomic E-state index is -0.362. The first kappa shape index (κ1) is 18.5. The molecule has 1 aromatic heterocycles. The summed E-state index contributed by atoms with van der Waals surface area (Å²) >= 11 is 0. The topological polar surface area (TPSA) is 54.3 Å². The quantitative estimate of drug-likeness (QED) is 0.864. The van der Waals surface area contributed by atoms with E-state index in [1.807, 2.05) is 0 Å². The number of hydrogen-bond acceptors (Lipinski definition) is 3. The average Bonchev–Trinajstić information content (AvgIpc) is 3.06. The van der Waals surface area contributed by atoms with Gasteiger partial charge in [0.25, 0.3) is 5.91 Å². The summed E-state index contributed by atoms with van der Waals surface area (Å²) in [4.78, 5) is 12.1. The number of benzene rings is 1. The highest BCUT2D eigenvalue weighted by Gasteiger charge is 2.16. The zero-order valence-corrected chi connectivity index (χ0v) is 14.2. The molecule has 1 aliphatic rings.